The number of carbonyl (C=O) groups is 2. The van der Waals surface area contributed by atoms with Crippen LogP contribution in [0, 0.1) is 5.82 Å². The lowest BCUT2D eigenvalue weighted by Gasteiger charge is -2.23. The zero-order valence-corrected chi connectivity index (χ0v) is 19.6. The van der Waals surface area contributed by atoms with Gasteiger partial charge in [-0.2, -0.15) is 0 Å². The second-order valence-electron chi connectivity index (χ2n) is 7.77. The first-order valence-corrected chi connectivity index (χ1v) is 11.1. The second-order valence-corrected chi connectivity index (χ2v) is 8.59. The summed E-state index contributed by atoms with van der Waals surface area (Å²) in [7, 11) is 1.39. The minimum absolute atomic E-state index is 0.103. The maximum absolute atomic E-state index is 13.7. The highest BCUT2D eigenvalue weighted by molar-refractivity contribution is 6.51. The average molecular weight is 512 g/mol. The van der Waals surface area contributed by atoms with Gasteiger partial charge in [0.05, 0.1) is 39.8 Å². The first kappa shape index (κ1) is 22.9. The Balaban J connectivity index is 1.74. The number of H-pyrrole nitrogens is 1. The third-order valence-electron chi connectivity index (χ3n) is 5.71. The lowest BCUT2D eigenvalue weighted by Crippen LogP contribution is -2.30. The van der Waals surface area contributed by atoms with Gasteiger partial charge in [0.15, 0.2) is 5.75 Å². The topological polar surface area (TPSA) is 95.5 Å². The quantitative estimate of drug-likeness (QED) is 0.210. The Kier molecular flexibility index (Phi) is 5.70. The number of ether oxygens (including phenoxy) is 1. The first-order chi connectivity index (χ1) is 16.8. The van der Waals surface area contributed by atoms with Crippen LogP contribution in [0.25, 0.3) is 16.8 Å². The lowest BCUT2D eigenvalue weighted by molar-refractivity contribution is -0.132. The number of aliphatic hydroxyl groups is 1. The van der Waals surface area contributed by atoms with E-state index in [0.29, 0.717) is 16.6 Å². The van der Waals surface area contributed by atoms with E-state index in [1.165, 1.54) is 43.5 Å². The Labute approximate surface area is 208 Å². The van der Waals surface area contributed by atoms with Crippen LogP contribution in [0.4, 0.5) is 10.3 Å². The number of para-hydroxylation sites is 2. The summed E-state index contributed by atoms with van der Waals surface area (Å²) in [5, 5.41) is 11.4. The molecule has 1 unspecified atom stereocenters. The molecule has 2 N–H and O–H groups in total. The molecule has 4 aromatic rings. The fourth-order valence-electron chi connectivity index (χ4n) is 4.11. The Hall–Kier alpha value is -3.88. The molecule has 1 fully saturated rings. The fourth-order valence-corrected chi connectivity index (χ4v) is 4.75. The van der Waals surface area contributed by atoms with E-state index in [0.717, 1.165) is 4.90 Å². The van der Waals surface area contributed by atoms with Gasteiger partial charge >= 0.3 is 5.91 Å². The molecule has 0 aliphatic carbocycles. The SMILES string of the molecule is COc1c(Cl)cc(/C(O)=C2\C(=O)C(=O)N(c3nc4ccccc4[nH]3)C2c2ccc(F)cc2)cc1Cl. The van der Waals surface area contributed by atoms with E-state index in [4.69, 9.17) is 27.9 Å². The summed E-state index contributed by atoms with van der Waals surface area (Å²) < 4.78 is 18.8. The highest BCUT2D eigenvalue weighted by atomic mass is 35.5. The number of Topliss-reactive ketones (excluding diaryl/α,β-unsaturated/α-hetero) is 1. The van der Waals surface area contributed by atoms with E-state index in [-0.39, 0.29) is 32.9 Å². The average Bonchev–Trinajstić information content (AvgIpc) is 3.37. The molecule has 1 atom stereocenters. The van der Waals surface area contributed by atoms with Gasteiger partial charge in [-0.25, -0.2) is 9.37 Å². The molecular weight excluding hydrogens is 496 g/mol. The molecule has 1 aliphatic heterocycles. The maximum Gasteiger partial charge on any atom is 0.302 e. The zero-order chi connectivity index (χ0) is 24.9. The molecule has 5 rings (SSSR count). The largest absolute Gasteiger partial charge is 0.507 e. The van der Waals surface area contributed by atoms with Gasteiger partial charge in [0.25, 0.3) is 5.78 Å². The summed E-state index contributed by atoms with van der Waals surface area (Å²) >= 11 is 12.5. The molecule has 7 nitrogen and oxygen atoms in total. The van der Waals surface area contributed by atoms with Crippen LogP contribution in [0.3, 0.4) is 0 Å². The number of anilines is 1. The number of aliphatic hydroxyl groups excluding tert-OH is 1. The molecule has 1 aliphatic rings. The van der Waals surface area contributed by atoms with Crippen molar-refractivity contribution >= 4 is 57.6 Å². The predicted octanol–water partition coefficient (Wildman–Crippen LogP) is 5.64. The summed E-state index contributed by atoms with van der Waals surface area (Å²) in [6.07, 6.45) is 0. The van der Waals surface area contributed by atoms with Crippen molar-refractivity contribution in [2.45, 2.75) is 6.04 Å². The van der Waals surface area contributed by atoms with Crippen molar-refractivity contribution in [3.63, 3.8) is 0 Å². The normalized spacial score (nSPS) is 17.4. The van der Waals surface area contributed by atoms with Crippen LogP contribution < -0.4 is 9.64 Å². The van der Waals surface area contributed by atoms with Crippen molar-refractivity contribution in [1.82, 2.24) is 9.97 Å². The van der Waals surface area contributed by atoms with Gasteiger partial charge in [0, 0.05) is 5.56 Å². The molecule has 176 valence electrons. The van der Waals surface area contributed by atoms with E-state index in [1.54, 1.807) is 24.3 Å². The van der Waals surface area contributed by atoms with E-state index in [9.17, 15) is 19.1 Å². The highest BCUT2D eigenvalue weighted by Gasteiger charge is 2.48. The van der Waals surface area contributed by atoms with Crippen molar-refractivity contribution in [1.29, 1.82) is 0 Å². The molecule has 0 spiro atoms. The highest BCUT2D eigenvalue weighted by Crippen LogP contribution is 2.43. The number of halogens is 3. The van der Waals surface area contributed by atoms with Crippen molar-refractivity contribution < 1.29 is 23.8 Å². The number of fused-ring (bicyclic) bond motifs is 1. The number of rotatable bonds is 4. The Morgan fingerprint density at radius 2 is 1.74 bits per heavy atom. The number of aromatic amines is 1. The summed E-state index contributed by atoms with van der Waals surface area (Å²) in [4.78, 5) is 35.1. The third kappa shape index (κ3) is 3.80. The molecule has 1 aromatic heterocycles. The first-order valence-electron chi connectivity index (χ1n) is 10.3. The smallest absolute Gasteiger partial charge is 0.302 e. The summed E-state index contributed by atoms with van der Waals surface area (Å²) in [5.41, 5.74) is 1.50. The molecule has 10 heteroatoms. The van der Waals surface area contributed by atoms with Gasteiger partial charge in [-0.3, -0.25) is 14.5 Å². The third-order valence-corrected chi connectivity index (χ3v) is 6.27. The number of imidazole rings is 1. The van der Waals surface area contributed by atoms with Gasteiger partial charge in [-0.05, 0) is 42.0 Å². The van der Waals surface area contributed by atoms with Crippen LogP contribution in [0.15, 0.2) is 66.2 Å². The number of hydrogen-bond donors (Lipinski definition) is 2. The summed E-state index contributed by atoms with van der Waals surface area (Å²) in [6, 6.07) is 14.0. The monoisotopic (exact) mass is 511 g/mol. The van der Waals surface area contributed by atoms with Crippen molar-refractivity contribution in [2.75, 3.05) is 12.0 Å². The molecule has 1 amide bonds. The number of amides is 1. The molecule has 0 saturated carbocycles. The molecule has 3 aromatic carbocycles. The van der Waals surface area contributed by atoms with Crippen LogP contribution in [-0.4, -0.2) is 33.9 Å². The Bertz CT molecular complexity index is 1480. The van der Waals surface area contributed by atoms with Gasteiger partial charge in [0.1, 0.15) is 11.6 Å². The van der Waals surface area contributed by atoms with Gasteiger partial charge in [-0.1, -0.05) is 47.5 Å². The molecule has 1 saturated heterocycles. The molecule has 35 heavy (non-hydrogen) atoms. The van der Waals surface area contributed by atoms with E-state index >= 15 is 0 Å². The number of methoxy groups -OCH3 is 1. The Morgan fingerprint density at radius 3 is 2.37 bits per heavy atom. The predicted molar refractivity (Wildman–Crippen MR) is 130 cm³/mol. The Morgan fingerprint density at radius 1 is 1.09 bits per heavy atom. The number of nitrogens with zero attached hydrogens (tertiary/aromatic N) is 2. The van der Waals surface area contributed by atoms with Crippen molar-refractivity contribution in [3.8, 4) is 5.75 Å². The zero-order valence-electron chi connectivity index (χ0n) is 18.1. The van der Waals surface area contributed by atoms with Crippen LogP contribution >= 0.6 is 23.2 Å². The standard InChI is InChI=1S/C25H16Cl2FN3O4/c1-35-23-15(26)10-13(11-16(23)27)21(32)19-20(12-6-8-14(28)9-7-12)31(24(34)22(19)33)25-29-17-4-2-3-5-18(17)30-25/h2-11,20,32H,1H3,(H,29,30)/b21-19+. The van der Waals surface area contributed by atoms with E-state index in [1.807, 2.05) is 0 Å². The molecule has 0 radical (unpaired) electrons. The van der Waals surface area contributed by atoms with Crippen molar-refractivity contribution in [3.05, 3.63) is 93.2 Å². The summed E-state index contributed by atoms with van der Waals surface area (Å²) in [5.74, 6) is -2.55. The van der Waals surface area contributed by atoms with E-state index in [2.05, 4.69) is 9.97 Å². The number of nitrogens with one attached hydrogen (secondary N) is 1. The van der Waals surface area contributed by atoms with Crippen LogP contribution in [0.1, 0.15) is 17.2 Å². The second kappa shape index (κ2) is 8.72. The van der Waals surface area contributed by atoms with Gasteiger partial charge < -0.3 is 14.8 Å². The van der Waals surface area contributed by atoms with Crippen LogP contribution in [0.2, 0.25) is 10.0 Å². The van der Waals surface area contributed by atoms with Gasteiger partial charge in [-0.15, -0.1) is 0 Å². The molecule has 2 heterocycles. The minimum atomic E-state index is -1.10. The van der Waals surface area contributed by atoms with Crippen LogP contribution in [-0.2, 0) is 9.59 Å². The van der Waals surface area contributed by atoms with Crippen molar-refractivity contribution in [2.24, 2.45) is 0 Å². The maximum atomic E-state index is 13.7. The number of aromatic nitrogens is 2. The number of hydrogen-bond acceptors (Lipinski definition) is 5. The molecule has 0 bridgehead atoms. The number of benzene rings is 3. The fraction of sp³-hybridized carbons (Fsp3) is 0.0800. The summed E-state index contributed by atoms with van der Waals surface area (Å²) in [6.45, 7) is 0. The number of ketones is 1. The van der Waals surface area contributed by atoms with E-state index < -0.39 is 29.3 Å². The number of carbonyl (C=O) groups excluding carboxylic acids is 2. The lowest BCUT2D eigenvalue weighted by atomic mass is 9.95. The van der Waals surface area contributed by atoms with Crippen LogP contribution in [0.5, 0.6) is 5.75 Å². The van der Waals surface area contributed by atoms with Gasteiger partial charge in [0.2, 0.25) is 5.95 Å². The minimum Gasteiger partial charge on any atom is -0.507 e. The molecular formula is C25H16Cl2FN3O4.